The van der Waals surface area contributed by atoms with E-state index in [4.69, 9.17) is 0 Å². The SMILES string of the molecule is O=S(=O)(c1cc(O)ccc1O)c1cc(O)ccc1O. The Bertz CT molecular complexity index is 678. The highest BCUT2D eigenvalue weighted by Gasteiger charge is 2.25. The summed E-state index contributed by atoms with van der Waals surface area (Å²) < 4.78 is 24.5. The van der Waals surface area contributed by atoms with E-state index in [0.717, 1.165) is 36.4 Å². The molecule has 0 aliphatic rings. The lowest BCUT2D eigenvalue weighted by Gasteiger charge is -2.09. The van der Waals surface area contributed by atoms with Crippen molar-refractivity contribution in [2.24, 2.45) is 0 Å². The Morgan fingerprint density at radius 2 is 1.05 bits per heavy atom. The summed E-state index contributed by atoms with van der Waals surface area (Å²) in [5.41, 5.74) is 0. The third-order valence-corrected chi connectivity index (χ3v) is 4.28. The molecule has 0 spiro atoms. The Morgan fingerprint density at radius 3 is 1.42 bits per heavy atom. The molecule has 6 nitrogen and oxygen atoms in total. The van der Waals surface area contributed by atoms with Gasteiger partial charge >= 0.3 is 0 Å². The van der Waals surface area contributed by atoms with E-state index in [1.54, 1.807) is 0 Å². The molecule has 0 fully saturated rings. The largest absolute Gasteiger partial charge is 0.508 e. The van der Waals surface area contributed by atoms with Crippen LogP contribution in [0.3, 0.4) is 0 Å². The van der Waals surface area contributed by atoms with Crippen LogP contribution in [0.15, 0.2) is 46.2 Å². The molecule has 0 unspecified atom stereocenters. The molecule has 2 aromatic carbocycles. The molecule has 2 aromatic rings. The molecule has 2 rings (SSSR count). The van der Waals surface area contributed by atoms with Crippen molar-refractivity contribution in [3.8, 4) is 23.0 Å². The van der Waals surface area contributed by atoms with Crippen molar-refractivity contribution in [1.82, 2.24) is 0 Å². The van der Waals surface area contributed by atoms with Gasteiger partial charge in [-0.3, -0.25) is 0 Å². The first-order chi connectivity index (χ1) is 8.82. The molecule has 0 aliphatic carbocycles. The Kier molecular flexibility index (Phi) is 2.99. The van der Waals surface area contributed by atoms with Gasteiger partial charge in [-0.1, -0.05) is 0 Å². The van der Waals surface area contributed by atoms with Crippen LogP contribution in [0.1, 0.15) is 0 Å². The van der Waals surface area contributed by atoms with Gasteiger partial charge in [0.15, 0.2) is 0 Å². The summed E-state index contributed by atoms with van der Waals surface area (Å²) in [6, 6.07) is 5.99. The number of phenols is 4. The Morgan fingerprint density at radius 1 is 0.684 bits per heavy atom. The maximum absolute atomic E-state index is 12.2. The maximum atomic E-state index is 12.2. The van der Waals surface area contributed by atoms with Crippen LogP contribution in [0.5, 0.6) is 23.0 Å². The highest BCUT2D eigenvalue weighted by Crippen LogP contribution is 2.36. The Balaban J connectivity index is 2.72. The molecule has 100 valence electrons. The number of sulfone groups is 1. The summed E-state index contributed by atoms with van der Waals surface area (Å²) in [5, 5.41) is 37.7. The van der Waals surface area contributed by atoms with Gasteiger partial charge in [-0.2, -0.15) is 0 Å². The maximum Gasteiger partial charge on any atom is 0.214 e. The van der Waals surface area contributed by atoms with Crippen molar-refractivity contribution in [1.29, 1.82) is 0 Å². The zero-order chi connectivity index (χ0) is 14.2. The number of hydrogen-bond acceptors (Lipinski definition) is 6. The van der Waals surface area contributed by atoms with E-state index in [9.17, 15) is 28.8 Å². The number of benzene rings is 2. The molecule has 0 radical (unpaired) electrons. The molecule has 7 heteroatoms. The van der Waals surface area contributed by atoms with Gasteiger partial charge < -0.3 is 20.4 Å². The summed E-state index contributed by atoms with van der Waals surface area (Å²) >= 11 is 0. The fourth-order valence-corrected chi connectivity index (χ4v) is 3.03. The van der Waals surface area contributed by atoms with Crippen molar-refractivity contribution < 1.29 is 28.8 Å². The molecular weight excluding hydrogens is 272 g/mol. The van der Waals surface area contributed by atoms with Gasteiger partial charge in [0.05, 0.1) is 0 Å². The summed E-state index contributed by atoms with van der Waals surface area (Å²) in [4.78, 5) is -1.12. The predicted octanol–water partition coefficient (Wildman–Crippen LogP) is 1.34. The first-order valence-corrected chi connectivity index (χ1v) is 6.60. The zero-order valence-electron chi connectivity index (χ0n) is 9.48. The third-order valence-electron chi connectivity index (χ3n) is 2.47. The first kappa shape index (κ1) is 13.0. The van der Waals surface area contributed by atoms with E-state index in [0.29, 0.717) is 0 Å². The lowest BCUT2D eigenvalue weighted by Crippen LogP contribution is -2.02. The summed E-state index contributed by atoms with van der Waals surface area (Å²) in [6.07, 6.45) is 0. The smallest absolute Gasteiger partial charge is 0.214 e. The van der Waals surface area contributed by atoms with Crippen LogP contribution in [0.25, 0.3) is 0 Å². The highest BCUT2D eigenvalue weighted by atomic mass is 32.2. The van der Waals surface area contributed by atoms with Crippen LogP contribution in [-0.4, -0.2) is 28.8 Å². The molecule has 0 saturated carbocycles. The molecule has 0 atom stereocenters. The van der Waals surface area contributed by atoms with Crippen molar-refractivity contribution in [2.75, 3.05) is 0 Å². The number of hydrogen-bond donors (Lipinski definition) is 4. The average molecular weight is 282 g/mol. The van der Waals surface area contributed by atoms with Gasteiger partial charge in [-0.25, -0.2) is 8.42 Å². The van der Waals surface area contributed by atoms with E-state index < -0.39 is 31.1 Å². The first-order valence-electron chi connectivity index (χ1n) is 5.11. The fraction of sp³-hybridized carbons (Fsp3) is 0. The van der Waals surface area contributed by atoms with Crippen molar-refractivity contribution in [2.45, 2.75) is 9.79 Å². The van der Waals surface area contributed by atoms with Gasteiger partial charge in [0.25, 0.3) is 0 Å². The van der Waals surface area contributed by atoms with Gasteiger partial charge in [0.1, 0.15) is 32.8 Å². The topological polar surface area (TPSA) is 115 Å². The minimum absolute atomic E-state index is 0.351. The fourth-order valence-electron chi connectivity index (χ4n) is 1.55. The minimum Gasteiger partial charge on any atom is -0.508 e. The predicted molar refractivity (Wildman–Crippen MR) is 65.0 cm³/mol. The Hall–Kier alpha value is -2.41. The number of phenolic OH excluding ortho intramolecular Hbond substituents is 4. The molecular formula is C12H10O6S. The van der Waals surface area contributed by atoms with Crippen LogP contribution in [-0.2, 0) is 9.84 Å². The minimum atomic E-state index is -4.27. The van der Waals surface area contributed by atoms with E-state index in [1.165, 1.54) is 0 Å². The van der Waals surface area contributed by atoms with Crippen molar-refractivity contribution >= 4 is 9.84 Å². The van der Waals surface area contributed by atoms with E-state index >= 15 is 0 Å². The average Bonchev–Trinajstić information content (AvgIpc) is 2.35. The molecule has 0 aromatic heterocycles. The van der Waals surface area contributed by atoms with Crippen LogP contribution in [0.2, 0.25) is 0 Å². The molecule has 0 bridgehead atoms. The monoisotopic (exact) mass is 282 g/mol. The van der Waals surface area contributed by atoms with Gasteiger partial charge in [0.2, 0.25) is 9.84 Å². The molecule has 19 heavy (non-hydrogen) atoms. The standard InChI is InChI=1S/C12H10O6S/c13-7-1-3-9(15)11(5-7)19(17,18)12-6-8(14)2-4-10(12)16/h1-6,13-16H. The van der Waals surface area contributed by atoms with Crippen LogP contribution in [0, 0.1) is 0 Å². The van der Waals surface area contributed by atoms with Crippen LogP contribution in [0.4, 0.5) is 0 Å². The normalized spacial score (nSPS) is 11.4. The summed E-state index contributed by atoms with van der Waals surface area (Å²) in [5.74, 6) is -1.84. The van der Waals surface area contributed by atoms with Crippen molar-refractivity contribution in [3.63, 3.8) is 0 Å². The second kappa shape index (κ2) is 4.36. The summed E-state index contributed by atoms with van der Waals surface area (Å²) in [6.45, 7) is 0. The zero-order valence-corrected chi connectivity index (χ0v) is 10.3. The Labute approximate surface area is 108 Å². The molecule has 0 saturated heterocycles. The molecule has 0 heterocycles. The number of rotatable bonds is 2. The van der Waals surface area contributed by atoms with Gasteiger partial charge in [-0.05, 0) is 24.3 Å². The molecule has 0 amide bonds. The molecule has 4 N–H and O–H groups in total. The number of aromatic hydroxyl groups is 4. The second-order valence-electron chi connectivity index (χ2n) is 3.81. The lowest BCUT2D eigenvalue weighted by atomic mass is 10.3. The van der Waals surface area contributed by atoms with Crippen molar-refractivity contribution in [3.05, 3.63) is 36.4 Å². The third kappa shape index (κ3) is 2.27. The summed E-state index contributed by atoms with van der Waals surface area (Å²) in [7, 11) is -4.27. The lowest BCUT2D eigenvalue weighted by molar-refractivity contribution is 0.439. The second-order valence-corrected chi connectivity index (χ2v) is 5.69. The van der Waals surface area contributed by atoms with E-state index in [-0.39, 0.29) is 11.5 Å². The van der Waals surface area contributed by atoms with Gasteiger partial charge in [-0.15, -0.1) is 0 Å². The van der Waals surface area contributed by atoms with E-state index in [1.807, 2.05) is 0 Å². The quantitative estimate of drug-likeness (QED) is 0.618. The van der Waals surface area contributed by atoms with Gasteiger partial charge in [0, 0.05) is 12.1 Å². The highest BCUT2D eigenvalue weighted by molar-refractivity contribution is 7.91. The van der Waals surface area contributed by atoms with Crippen LogP contribution < -0.4 is 0 Å². The van der Waals surface area contributed by atoms with E-state index in [2.05, 4.69) is 0 Å². The molecule has 0 aliphatic heterocycles. The van der Waals surface area contributed by atoms with Crippen LogP contribution >= 0.6 is 0 Å².